The predicted molar refractivity (Wildman–Crippen MR) is 366 cm³/mol. The van der Waals surface area contributed by atoms with E-state index in [1.807, 2.05) is 0 Å². The van der Waals surface area contributed by atoms with Crippen molar-refractivity contribution in [2.24, 2.45) is 0 Å². The molecule has 0 aliphatic heterocycles. The molecule has 0 N–H and O–H groups in total. The summed E-state index contributed by atoms with van der Waals surface area (Å²) in [6.07, 6.45) is 8.86. The second-order valence-electron chi connectivity index (χ2n) is 23.8. The van der Waals surface area contributed by atoms with Gasteiger partial charge >= 0.3 is 0 Å². The number of hydrogen-bond donors (Lipinski definition) is 0. The maximum Gasteiger partial charge on any atom is 0.0467 e. The van der Waals surface area contributed by atoms with Crippen molar-refractivity contribution in [3.8, 4) is 55.6 Å². The highest BCUT2D eigenvalue weighted by molar-refractivity contribution is 5.88. The summed E-state index contributed by atoms with van der Waals surface area (Å²) < 4.78 is 0. The number of aryl methyl sites for hydroxylation is 1. The summed E-state index contributed by atoms with van der Waals surface area (Å²) in [5.41, 5.74) is 26.6. The molecule has 13 rings (SSSR count). The van der Waals surface area contributed by atoms with Crippen LogP contribution in [0.5, 0.6) is 0 Å². The minimum Gasteiger partial charge on any atom is -0.310 e. The van der Waals surface area contributed by atoms with E-state index < -0.39 is 0 Å². The van der Waals surface area contributed by atoms with Crippen LogP contribution < -0.4 is 9.80 Å². The van der Waals surface area contributed by atoms with Crippen molar-refractivity contribution in [1.82, 2.24) is 0 Å². The fraction of sp³-hybridized carbons (Fsp3) is 0.143. The van der Waals surface area contributed by atoms with Crippen LogP contribution in [0.1, 0.15) is 98.6 Å². The standard InChI is InChI=1S/C84H74N2/c1-4-5-6-7-8-12-27-61-48-50-74(51-49-61)86(76-44-25-38-70(58-76)65-33-21-32-64(54-65)68-36-23-40-72(56-68)83(62-28-13-9-14-29-62)63-30-15-10-16-31-63)77-45-26-39-71(59-77)67-35-22-34-66(55-67)69-37-24-43-75(57-69)85(73-41-17-11-18-42-73)78-52-53-80-79-46-19-20-47-81(79)84(2,3)82(80)60-78/h9-11,13-26,28-60,83H,4-8,12,27H2,1-3H3. The Morgan fingerprint density at radius 3 is 1.19 bits per heavy atom. The number of benzene rings is 12. The minimum absolute atomic E-state index is 0.110. The van der Waals surface area contributed by atoms with Crippen LogP contribution in [0.15, 0.2) is 303 Å². The van der Waals surface area contributed by atoms with Gasteiger partial charge < -0.3 is 9.80 Å². The van der Waals surface area contributed by atoms with Gasteiger partial charge in [-0.25, -0.2) is 0 Å². The molecule has 1 aliphatic rings. The molecule has 0 bridgehead atoms. The highest BCUT2D eigenvalue weighted by Gasteiger charge is 2.36. The van der Waals surface area contributed by atoms with Gasteiger partial charge in [0.1, 0.15) is 0 Å². The molecular weight excluding hydrogens is 1040 g/mol. The van der Waals surface area contributed by atoms with Gasteiger partial charge in [-0.05, 0) is 187 Å². The lowest BCUT2D eigenvalue weighted by molar-refractivity contribution is 0.607. The largest absolute Gasteiger partial charge is 0.310 e. The molecule has 2 heteroatoms. The smallest absolute Gasteiger partial charge is 0.0467 e. The number of nitrogens with zero attached hydrogens (tertiary/aromatic N) is 2. The lowest BCUT2D eigenvalue weighted by Crippen LogP contribution is -2.16. The summed E-state index contributed by atoms with van der Waals surface area (Å²) in [6, 6.07) is 112. The molecule has 1 aliphatic carbocycles. The first kappa shape index (κ1) is 55.4. The molecule has 0 saturated carbocycles. The molecular formula is C84H74N2. The average Bonchev–Trinajstić information content (AvgIpc) is 1.75. The third kappa shape index (κ3) is 11.7. The van der Waals surface area contributed by atoms with Crippen molar-refractivity contribution >= 4 is 34.1 Å². The van der Waals surface area contributed by atoms with E-state index in [1.165, 1.54) is 111 Å². The highest BCUT2D eigenvalue weighted by Crippen LogP contribution is 2.51. The zero-order valence-corrected chi connectivity index (χ0v) is 49.8. The van der Waals surface area contributed by atoms with Gasteiger partial charge in [-0.15, -0.1) is 0 Å². The molecule has 0 aromatic heterocycles. The Bertz CT molecular complexity index is 4220. The molecule has 12 aromatic carbocycles. The van der Waals surface area contributed by atoms with E-state index in [0.717, 1.165) is 57.2 Å². The normalized spacial score (nSPS) is 12.2. The molecule has 0 fully saturated rings. The van der Waals surface area contributed by atoms with E-state index in [2.05, 4.69) is 334 Å². The Labute approximate surface area is 510 Å². The van der Waals surface area contributed by atoms with E-state index in [1.54, 1.807) is 0 Å². The molecule has 0 amide bonds. The van der Waals surface area contributed by atoms with Gasteiger partial charge in [0.2, 0.25) is 0 Å². The predicted octanol–water partition coefficient (Wildman–Crippen LogP) is 23.7. The van der Waals surface area contributed by atoms with Crippen LogP contribution in [-0.2, 0) is 11.8 Å². The van der Waals surface area contributed by atoms with Gasteiger partial charge in [-0.2, -0.15) is 0 Å². The number of unbranched alkanes of at least 4 members (excludes halogenated alkanes) is 5. The van der Waals surface area contributed by atoms with Gasteiger partial charge in [0, 0.05) is 45.5 Å². The Hall–Kier alpha value is -9.76. The Morgan fingerprint density at radius 2 is 0.651 bits per heavy atom. The Kier molecular flexibility index (Phi) is 16.3. The lowest BCUT2D eigenvalue weighted by Gasteiger charge is -2.28. The summed E-state index contributed by atoms with van der Waals surface area (Å²) >= 11 is 0. The van der Waals surface area contributed by atoms with Crippen LogP contribution in [-0.4, -0.2) is 0 Å². The van der Waals surface area contributed by atoms with Crippen LogP contribution in [0.25, 0.3) is 55.6 Å². The van der Waals surface area contributed by atoms with E-state index in [9.17, 15) is 0 Å². The van der Waals surface area contributed by atoms with Gasteiger partial charge in [-0.3, -0.25) is 0 Å². The van der Waals surface area contributed by atoms with Crippen molar-refractivity contribution in [1.29, 1.82) is 0 Å². The van der Waals surface area contributed by atoms with E-state index in [4.69, 9.17) is 0 Å². The fourth-order valence-corrected chi connectivity index (χ4v) is 13.2. The van der Waals surface area contributed by atoms with E-state index >= 15 is 0 Å². The molecule has 0 heterocycles. The molecule has 0 atom stereocenters. The fourth-order valence-electron chi connectivity index (χ4n) is 13.2. The Morgan fingerprint density at radius 1 is 0.279 bits per heavy atom. The Balaban J connectivity index is 0.828. The maximum atomic E-state index is 2.44. The van der Waals surface area contributed by atoms with Crippen molar-refractivity contribution in [3.63, 3.8) is 0 Å². The molecule has 0 saturated heterocycles. The summed E-state index contributed by atoms with van der Waals surface area (Å²) in [5.74, 6) is 0.124. The third-order valence-electron chi connectivity index (χ3n) is 17.7. The van der Waals surface area contributed by atoms with E-state index in [0.29, 0.717) is 0 Å². The second kappa shape index (κ2) is 25.2. The van der Waals surface area contributed by atoms with Crippen LogP contribution in [0.2, 0.25) is 0 Å². The first-order valence-electron chi connectivity index (χ1n) is 31.1. The average molecular weight is 1110 g/mol. The summed E-state index contributed by atoms with van der Waals surface area (Å²) in [6.45, 7) is 7.01. The van der Waals surface area contributed by atoms with Crippen LogP contribution >= 0.6 is 0 Å². The van der Waals surface area contributed by atoms with Gasteiger partial charge in [0.25, 0.3) is 0 Å². The van der Waals surface area contributed by atoms with Crippen LogP contribution in [0, 0.1) is 0 Å². The molecule has 86 heavy (non-hydrogen) atoms. The first-order chi connectivity index (χ1) is 42.4. The molecule has 2 nitrogen and oxygen atoms in total. The summed E-state index contributed by atoms with van der Waals surface area (Å²) in [5, 5.41) is 0. The monoisotopic (exact) mass is 1110 g/mol. The number of rotatable bonds is 20. The molecule has 0 unspecified atom stereocenters. The van der Waals surface area contributed by atoms with Crippen molar-refractivity contribution in [2.75, 3.05) is 9.80 Å². The zero-order valence-electron chi connectivity index (χ0n) is 49.8. The zero-order chi connectivity index (χ0) is 58.2. The maximum absolute atomic E-state index is 2.44. The number of para-hydroxylation sites is 1. The van der Waals surface area contributed by atoms with Gasteiger partial charge in [-0.1, -0.05) is 271 Å². The topological polar surface area (TPSA) is 6.48 Å². The SMILES string of the molecule is CCCCCCCCc1ccc(N(c2cccc(-c3cccc(-c4cccc(C(c5ccccc5)c5ccccc5)c4)c3)c2)c2cccc(-c3cccc(-c4cccc(N(c5ccccc5)c5ccc6c(c5)C(C)(C)c5ccccc5-6)c4)c3)c2)cc1. The number of anilines is 6. The van der Waals surface area contributed by atoms with Crippen molar-refractivity contribution in [3.05, 3.63) is 337 Å². The minimum atomic E-state index is -0.110. The second-order valence-corrected chi connectivity index (χ2v) is 23.8. The van der Waals surface area contributed by atoms with Gasteiger partial charge in [0.05, 0.1) is 0 Å². The number of hydrogen-bond acceptors (Lipinski definition) is 2. The van der Waals surface area contributed by atoms with Crippen molar-refractivity contribution < 1.29 is 0 Å². The highest BCUT2D eigenvalue weighted by atomic mass is 15.1. The lowest BCUT2D eigenvalue weighted by atomic mass is 9.82. The number of fused-ring (bicyclic) bond motifs is 3. The van der Waals surface area contributed by atoms with Crippen LogP contribution in [0.3, 0.4) is 0 Å². The molecule has 12 aromatic rings. The first-order valence-corrected chi connectivity index (χ1v) is 31.1. The quantitative estimate of drug-likeness (QED) is 0.0554. The third-order valence-corrected chi connectivity index (χ3v) is 17.7. The van der Waals surface area contributed by atoms with Crippen molar-refractivity contribution in [2.45, 2.75) is 77.0 Å². The van der Waals surface area contributed by atoms with E-state index in [-0.39, 0.29) is 11.3 Å². The molecule has 0 spiro atoms. The molecule has 420 valence electrons. The van der Waals surface area contributed by atoms with Crippen LogP contribution in [0.4, 0.5) is 34.1 Å². The summed E-state index contributed by atoms with van der Waals surface area (Å²) in [7, 11) is 0. The molecule has 0 radical (unpaired) electrons. The summed E-state index contributed by atoms with van der Waals surface area (Å²) in [4.78, 5) is 4.84. The van der Waals surface area contributed by atoms with Gasteiger partial charge in [0.15, 0.2) is 0 Å².